The van der Waals surface area contributed by atoms with Crippen molar-refractivity contribution >= 4 is 21.6 Å². The molecule has 0 aliphatic rings. The van der Waals surface area contributed by atoms with Gasteiger partial charge in [-0.05, 0) is 25.2 Å². The van der Waals surface area contributed by atoms with E-state index in [2.05, 4.69) is 9.82 Å². The zero-order valence-corrected chi connectivity index (χ0v) is 10.5. The van der Waals surface area contributed by atoms with E-state index >= 15 is 0 Å². The van der Waals surface area contributed by atoms with Gasteiger partial charge in [-0.3, -0.25) is 0 Å². The lowest BCUT2D eigenvalue weighted by atomic mass is 10.3. The summed E-state index contributed by atoms with van der Waals surface area (Å²) in [5.41, 5.74) is 0.521. The molecule has 17 heavy (non-hydrogen) atoms. The maximum atomic E-state index is 11.8. The minimum atomic E-state index is -3.56. The van der Waals surface area contributed by atoms with Crippen LogP contribution in [0.3, 0.4) is 0 Å². The lowest BCUT2D eigenvalue weighted by Gasteiger charge is -2.08. The molecule has 0 fully saturated rings. The highest BCUT2D eigenvalue weighted by Gasteiger charge is 2.19. The predicted octanol–water partition coefficient (Wildman–Crippen LogP) is 1.43. The molecule has 1 N–H and O–H groups in total. The second-order valence-electron chi connectivity index (χ2n) is 3.24. The molecule has 2 rings (SSSR count). The Bertz CT molecular complexity index is 637. The third-order valence-electron chi connectivity index (χ3n) is 2.23. The van der Waals surface area contributed by atoms with Crippen molar-refractivity contribution in [1.29, 1.82) is 0 Å². The molecular formula is C10H10ClN3O2S. The molecule has 0 radical (unpaired) electrons. The highest BCUT2D eigenvalue weighted by Crippen LogP contribution is 2.22. The van der Waals surface area contributed by atoms with Gasteiger partial charge in [-0.15, -0.1) is 0 Å². The lowest BCUT2D eigenvalue weighted by molar-refractivity contribution is 0.578. The summed E-state index contributed by atoms with van der Waals surface area (Å²) in [7, 11) is -2.21. The first-order valence-corrected chi connectivity index (χ1v) is 6.65. The van der Waals surface area contributed by atoms with E-state index in [0.29, 0.717) is 10.7 Å². The maximum absolute atomic E-state index is 11.8. The molecule has 5 nitrogen and oxygen atoms in total. The van der Waals surface area contributed by atoms with E-state index in [1.54, 1.807) is 24.3 Å². The number of nitrogens with zero attached hydrogens (tertiary/aromatic N) is 2. The van der Waals surface area contributed by atoms with Crippen molar-refractivity contribution in [3.8, 4) is 5.69 Å². The van der Waals surface area contributed by atoms with Gasteiger partial charge in [0, 0.05) is 0 Å². The minimum absolute atomic E-state index is 0.0492. The van der Waals surface area contributed by atoms with Crippen molar-refractivity contribution in [3.05, 3.63) is 41.6 Å². The van der Waals surface area contributed by atoms with Gasteiger partial charge in [0.15, 0.2) is 5.03 Å². The Balaban J connectivity index is 2.64. The SMILES string of the molecule is CNS(=O)(=O)c1ccnn1-c1ccccc1Cl. The van der Waals surface area contributed by atoms with Crippen molar-refractivity contribution in [2.45, 2.75) is 5.03 Å². The van der Waals surface area contributed by atoms with Crippen LogP contribution in [-0.4, -0.2) is 25.2 Å². The fourth-order valence-corrected chi connectivity index (χ4v) is 2.44. The van der Waals surface area contributed by atoms with Gasteiger partial charge in [-0.1, -0.05) is 23.7 Å². The fraction of sp³-hybridized carbons (Fsp3) is 0.100. The van der Waals surface area contributed by atoms with Crippen molar-refractivity contribution < 1.29 is 8.42 Å². The summed E-state index contributed by atoms with van der Waals surface area (Å²) in [6, 6.07) is 8.31. The average Bonchev–Trinajstić information content (AvgIpc) is 2.79. The Morgan fingerprint density at radius 2 is 2.00 bits per heavy atom. The van der Waals surface area contributed by atoms with Crippen LogP contribution in [0, 0.1) is 0 Å². The Kier molecular flexibility index (Phi) is 3.19. The quantitative estimate of drug-likeness (QED) is 0.919. The highest BCUT2D eigenvalue weighted by molar-refractivity contribution is 7.89. The van der Waals surface area contributed by atoms with Gasteiger partial charge in [0.05, 0.1) is 16.9 Å². The molecule has 0 bridgehead atoms. The van der Waals surface area contributed by atoms with Crippen LogP contribution >= 0.6 is 11.6 Å². The van der Waals surface area contributed by atoms with E-state index in [-0.39, 0.29) is 5.03 Å². The molecular weight excluding hydrogens is 262 g/mol. The third kappa shape index (κ3) is 2.19. The van der Waals surface area contributed by atoms with Crippen molar-refractivity contribution in [2.75, 3.05) is 7.05 Å². The molecule has 0 aliphatic heterocycles. The number of benzene rings is 1. The van der Waals surface area contributed by atoms with Crippen LogP contribution in [-0.2, 0) is 10.0 Å². The van der Waals surface area contributed by atoms with Gasteiger partial charge in [-0.2, -0.15) is 5.10 Å². The summed E-state index contributed by atoms with van der Waals surface area (Å²) >= 11 is 6.00. The zero-order chi connectivity index (χ0) is 12.5. The Morgan fingerprint density at radius 3 is 2.65 bits per heavy atom. The number of sulfonamides is 1. The molecule has 0 amide bonds. The Morgan fingerprint density at radius 1 is 1.29 bits per heavy atom. The molecule has 0 spiro atoms. The maximum Gasteiger partial charge on any atom is 0.257 e. The fourth-order valence-electron chi connectivity index (χ4n) is 1.40. The first-order valence-electron chi connectivity index (χ1n) is 4.79. The van der Waals surface area contributed by atoms with Gasteiger partial charge >= 0.3 is 0 Å². The molecule has 0 aliphatic carbocycles. The van der Waals surface area contributed by atoms with E-state index in [0.717, 1.165) is 0 Å². The number of para-hydroxylation sites is 1. The molecule has 0 atom stereocenters. The van der Waals surface area contributed by atoms with Crippen molar-refractivity contribution in [2.24, 2.45) is 0 Å². The topological polar surface area (TPSA) is 64.0 Å². The largest absolute Gasteiger partial charge is 0.257 e. The van der Waals surface area contributed by atoms with E-state index in [1.807, 2.05) is 0 Å². The Hall–Kier alpha value is -1.37. The van der Waals surface area contributed by atoms with Gasteiger partial charge in [0.25, 0.3) is 10.0 Å². The number of aromatic nitrogens is 2. The van der Waals surface area contributed by atoms with E-state index in [4.69, 9.17) is 11.6 Å². The van der Waals surface area contributed by atoms with Gasteiger partial charge in [0.1, 0.15) is 0 Å². The van der Waals surface area contributed by atoms with Gasteiger partial charge < -0.3 is 0 Å². The number of nitrogens with one attached hydrogen (secondary N) is 1. The van der Waals surface area contributed by atoms with E-state index in [1.165, 1.54) is 24.0 Å². The zero-order valence-electron chi connectivity index (χ0n) is 8.96. The van der Waals surface area contributed by atoms with Crippen molar-refractivity contribution in [3.63, 3.8) is 0 Å². The second-order valence-corrected chi connectivity index (χ2v) is 5.48. The Labute approximate surface area is 104 Å². The van der Waals surface area contributed by atoms with Crippen LogP contribution in [0.4, 0.5) is 0 Å². The summed E-state index contributed by atoms with van der Waals surface area (Å²) in [6.45, 7) is 0. The number of hydrogen-bond acceptors (Lipinski definition) is 3. The standard InChI is InChI=1S/C10H10ClN3O2S/c1-12-17(15,16)10-6-7-13-14(10)9-5-3-2-4-8(9)11/h2-7,12H,1H3. The molecule has 1 heterocycles. The molecule has 1 aromatic carbocycles. The normalized spacial score (nSPS) is 11.6. The first-order chi connectivity index (χ1) is 8.06. The second kappa shape index (κ2) is 4.48. The highest BCUT2D eigenvalue weighted by atomic mass is 35.5. The monoisotopic (exact) mass is 271 g/mol. The summed E-state index contributed by atoms with van der Waals surface area (Å²) in [6.07, 6.45) is 1.41. The molecule has 2 aromatic rings. The third-order valence-corrected chi connectivity index (χ3v) is 3.95. The van der Waals surface area contributed by atoms with Crippen molar-refractivity contribution in [1.82, 2.24) is 14.5 Å². The van der Waals surface area contributed by atoms with Crippen LogP contribution in [0.5, 0.6) is 0 Å². The first kappa shape index (κ1) is 12.1. The van der Waals surface area contributed by atoms with Crippen LogP contribution in [0.15, 0.2) is 41.6 Å². The van der Waals surface area contributed by atoms with E-state index in [9.17, 15) is 8.42 Å². The average molecular weight is 272 g/mol. The van der Waals surface area contributed by atoms with Crippen LogP contribution in [0.25, 0.3) is 5.69 Å². The number of halogens is 1. The minimum Gasteiger partial charge on any atom is -0.219 e. The molecule has 0 saturated heterocycles. The molecule has 7 heteroatoms. The van der Waals surface area contributed by atoms with Gasteiger partial charge in [0.2, 0.25) is 0 Å². The summed E-state index contributed by atoms with van der Waals surface area (Å²) in [4.78, 5) is 0. The summed E-state index contributed by atoms with van der Waals surface area (Å²) in [5, 5.41) is 4.46. The van der Waals surface area contributed by atoms with Crippen LogP contribution < -0.4 is 4.72 Å². The number of hydrogen-bond donors (Lipinski definition) is 1. The number of rotatable bonds is 3. The molecule has 0 saturated carbocycles. The van der Waals surface area contributed by atoms with Crippen LogP contribution in [0.1, 0.15) is 0 Å². The predicted molar refractivity (Wildman–Crippen MR) is 64.8 cm³/mol. The summed E-state index contributed by atoms with van der Waals surface area (Å²) < 4.78 is 27.0. The van der Waals surface area contributed by atoms with Gasteiger partial charge in [-0.25, -0.2) is 17.8 Å². The van der Waals surface area contributed by atoms with Crippen LogP contribution in [0.2, 0.25) is 5.02 Å². The lowest BCUT2D eigenvalue weighted by Crippen LogP contribution is -2.22. The smallest absolute Gasteiger partial charge is 0.219 e. The molecule has 90 valence electrons. The summed E-state index contributed by atoms with van der Waals surface area (Å²) in [5.74, 6) is 0. The molecule has 1 aromatic heterocycles. The molecule has 0 unspecified atom stereocenters. The van der Waals surface area contributed by atoms with E-state index < -0.39 is 10.0 Å².